The predicted molar refractivity (Wildman–Crippen MR) is 96.4 cm³/mol. The van der Waals surface area contributed by atoms with Gasteiger partial charge in [-0.15, -0.1) is 11.8 Å². The maximum atomic E-state index is 12.8. The molecule has 0 spiro atoms. The van der Waals surface area contributed by atoms with E-state index in [9.17, 15) is 4.79 Å². The molecule has 1 fully saturated rings. The molecule has 0 bridgehead atoms. The molecule has 2 atom stereocenters. The fourth-order valence-corrected chi connectivity index (χ4v) is 4.21. The van der Waals surface area contributed by atoms with Crippen LogP contribution in [0.25, 0.3) is 0 Å². The van der Waals surface area contributed by atoms with Gasteiger partial charge >= 0.3 is 5.97 Å². The Labute approximate surface area is 146 Å². The highest BCUT2D eigenvalue weighted by molar-refractivity contribution is 8.02. The molecule has 3 nitrogen and oxygen atoms in total. The first kappa shape index (κ1) is 15.5. The number of thioether (sulfide) groups is 1. The number of nitrogens with zero attached hydrogens (tertiary/aromatic N) is 1. The fourth-order valence-electron chi connectivity index (χ4n) is 3.15. The Kier molecular flexibility index (Phi) is 4.41. The molecule has 122 valence electrons. The van der Waals surface area contributed by atoms with E-state index in [1.54, 1.807) is 11.8 Å². The summed E-state index contributed by atoms with van der Waals surface area (Å²) in [6, 6.07) is 19.6. The third kappa shape index (κ3) is 2.99. The molecule has 0 aromatic heterocycles. The molecule has 24 heavy (non-hydrogen) atoms. The molecule has 2 heterocycles. The molecule has 1 saturated heterocycles. The van der Waals surface area contributed by atoms with E-state index in [1.165, 1.54) is 0 Å². The summed E-state index contributed by atoms with van der Waals surface area (Å²) in [5, 5.41) is 2.46. The Bertz CT molecular complexity index is 692. The molecule has 0 radical (unpaired) electrons. The molecular formula is C20H19NO2S. The van der Waals surface area contributed by atoms with Gasteiger partial charge in [0.2, 0.25) is 0 Å². The number of benzene rings is 2. The van der Waals surface area contributed by atoms with Crippen LogP contribution in [0.5, 0.6) is 0 Å². The van der Waals surface area contributed by atoms with Crippen molar-refractivity contribution in [3.63, 3.8) is 0 Å². The summed E-state index contributed by atoms with van der Waals surface area (Å²) in [5.74, 6) is -0.172. The Morgan fingerprint density at radius 2 is 1.67 bits per heavy atom. The second-order valence-corrected chi connectivity index (χ2v) is 7.12. The molecule has 4 heteroatoms. The smallest absolute Gasteiger partial charge is 0.328 e. The summed E-state index contributed by atoms with van der Waals surface area (Å²) in [6.45, 7) is 0.961. The first-order valence-electron chi connectivity index (χ1n) is 8.21. The van der Waals surface area contributed by atoms with Crippen molar-refractivity contribution in [1.82, 2.24) is 4.90 Å². The van der Waals surface area contributed by atoms with Crippen molar-refractivity contribution >= 4 is 17.7 Å². The molecule has 2 aliphatic heterocycles. The third-order valence-electron chi connectivity index (χ3n) is 4.54. The predicted octanol–water partition coefficient (Wildman–Crippen LogP) is 3.98. The van der Waals surface area contributed by atoms with Crippen molar-refractivity contribution in [3.05, 3.63) is 83.3 Å². The van der Waals surface area contributed by atoms with Gasteiger partial charge in [0.1, 0.15) is 6.04 Å². The largest absolute Gasteiger partial charge is 0.451 e. The lowest BCUT2D eigenvalue weighted by Gasteiger charge is -2.45. The number of fused-ring (bicyclic) bond motifs is 1. The van der Waals surface area contributed by atoms with Crippen LogP contribution in [-0.4, -0.2) is 28.8 Å². The van der Waals surface area contributed by atoms with Gasteiger partial charge in [-0.05, 0) is 29.0 Å². The zero-order valence-corrected chi connectivity index (χ0v) is 14.1. The number of rotatable bonds is 4. The van der Waals surface area contributed by atoms with Crippen LogP contribution in [0.2, 0.25) is 0 Å². The average Bonchev–Trinajstić information content (AvgIpc) is 2.62. The Hall–Kier alpha value is -2.04. The van der Waals surface area contributed by atoms with Crippen molar-refractivity contribution in [1.29, 1.82) is 0 Å². The minimum atomic E-state index is -0.373. The molecule has 2 aliphatic rings. The number of ether oxygens (including phenoxy) is 1. The van der Waals surface area contributed by atoms with Crippen LogP contribution in [0, 0.1) is 0 Å². The summed E-state index contributed by atoms with van der Waals surface area (Å²) in [6.07, 6.45) is 2.72. The molecule has 0 N–H and O–H groups in total. The third-order valence-corrected chi connectivity index (χ3v) is 5.67. The lowest BCUT2D eigenvalue weighted by molar-refractivity contribution is -0.154. The quantitative estimate of drug-likeness (QED) is 0.789. The van der Waals surface area contributed by atoms with Crippen molar-refractivity contribution in [3.8, 4) is 0 Å². The van der Waals surface area contributed by atoms with E-state index in [0.29, 0.717) is 5.37 Å². The van der Waals surface area contributed by atoms with Crippen molar-refractivity contribution < 1.29 is 9.53 Å². The number of carbonyl (C=O) groups excluding carboxylic acids is 1. The maximum Gasteiger partial charge on any atom is 0.328 e. The second-order valence-electron chi connectivity index (χ2n) is 6.03. The van der Waals surface area contributed by atoms with Crippen LogP contribution in [0.4, 0.5) is 0 Å². The zero-order chi connectivity index (χ0) is 16.4. The zero-order valence-electron chi connectivity index (χ0n) is 13.2. The lowest BCUT2D eigenvalue weighted by Crippen LogP contribution is -2.55. The van der Waals surface area contributed by atoms with E-state index in [1.807, 2.05) is 72.1 Å². The Morgan fingerprint density at radius 3 is 2.21 bits per heavy atom. The molecule has 2 aromatic rings. The van der Waals surface area contributed by atoms with Crippen LogP contribution < -0.4 is 0 Å². The van der Waals surface area contributed by atoms with E-state index in [-0.39, 0.29) is 18.1 Å². The van der Waals surface area contributed by atoms with Gasteiger partial charge in [0, 0.05) is 6.54 Å². The van der Waals surface area contributed by atoms with E-state index in [0.717, 1.165) is 24.1 Å². The molecular weight excluding hydrogens is 318 g/mol. The molecule has 2 unspecified atom stereocenters. The van der Waals surface area contributed by atoms with Gasteiger partial charge < -0.3 is 4.74 Å². The van der Waals surface area contributed by atoms with Crippen molar-refractivity contribution in [2.75, 3.05) is 6.54 Å². The summed E-state index contributed by atoms with van der Waals surface area (Å²) < 4.78 is 5.97. The molecule has 0 amide bonds. The van der Waals surface area contributed by atoms with Crippen molar-refractivity contribution in [2.45, 2.75) is 23.9 Å². The minimum Gasteiger partial charge on any atom is -0.451 e. The SMILES string of the molecule is O=C(OC(c1ccccc1)c1ccccc1)C1C=CSC2CCN21. The van der Waals surface area contributed by atoms with E-state index >= 15 is 0 Å². The summed E-state index contributed by atoms with van der Waals surface area (Å²) >= 11 is 1.78. The molecule has 2 aromatic carbocycles. The highest BCUT2D eigenvalue weighted by Gasteiger charge is 2.40. The minimum absolute atomic E-state index is 0.172. The molecule has 0 aliphatic carbocycles. The number of hydrogen-bond acceptors (Lipinski definition) is 4. The van der Waals surface area contributed by atoms with Gasteiger partial charge in [0.05, 0.1) is 5.37 Å². The Balaban J connectivity index is 1.59. The van der Waals surface area contributed by atoms with Crippen LogP contribution in [0.3, 0.4) is 0 Å². The van der Waals surface area contributed by atoms with E-state index in [2.05, 4.69) is 4.90 Å². The standard InChI is InChI=1S/C20H19NO2S/c22-20(17-12-14-24-18-11-13-21(17)18)23-19(15-7-3-1-4-8-15)16-9-5-2-6-10-16/h1-10,12,14,17-19H,11,13H2. The van der Waals surface area contributed by atoms with Crippen molar-refractivity contribution in [2.24, 2.45) is 0 Å². The first-order chi connectivity index (χ1) is 11.8. The van der Waals surface area contributed by atoms with Crippen LogP contribution in [-0.2, 0) is 9.53 Å². The van der Waals surface area contributed by atoms with Gasteiger partial charge in [-0.3, -0.25) is 4.90 Å². The summed E-state index contributed by atoms with van der Waals surface area (Å²) in [4.78, 5) is 15.0. The summed E-state index contributed by atoms with van der Waals surface area (Å²) in [7, 11) is 0. The summed E-state index contributed by atoms with van der Waals surface area (Å²) in [5.41, 5.74) is 1.98. The van der Waals surface area contributed by atoms with Crippen LogP contribution >= 0.6 is 11.8 Å². The highest BCUT2D eigenvalue weighted by atomic mass is 32.2. The first-order valence-corrected chi connectivity index (χ1v) is 9.15. The average molecular weight is 337 g/mol. The van der Waals surface area contributed by atoms with Crippen LogP contribution in [0.15, 0.2) is 72.1 Å². The second kappa shape index (κ2) is 6.83. The number of carbonyl (C=O) groups is 1. The number of hydrogen-bond donors (Lipinski definition) is 0. The van der Waals surface area contributed by atoms with Gasteiger partial charge in [0.25, 0.3) is 0 Å². The topological polar surface area (TPSA) is 29.5 Å². The number of esters is 1. The van der Waals surface area contributed by atoms with Gasteiger partial charge in [-0.1, -0.05) is 60.7 Å². The van der Waals surface area contributed by atoms with Crippen LogP contribution in [0.1, 0.15) is 23.7 Å². The lowest BCUT2D eigenvalue weighted by atomic mass is 10.0. The highest BCUT2D eigenvalue weighted by Crippen LogP contribution is 2.36. The maximum absolute atomic E-state index is 12.8. The van der Waals surface area contributed by atoms with E-state index in [4.69, 9.17) is 4.74 Å². The molecule has 4 rings (SSSR count). The van der Waals surface area contributed by atoms with Gasteiger partial charge in [-0.2, -0.15) is 0 Å². The fraction of sp³-hybridized carbons (Fsp3) is 0.250. The Morgan fingerprint density at radius 1 is 1.04 bits per heavy atom. The molecule has 0 saturated carbocycles. The normalized spacial score (nSPS) is 22.7. The monoisotopic (exact) mass is 337 g/mol. The van der Waals surface area contributed by atoms with Gasteiger partial charge in [-0.25, -0.2) is 4.79 Å². The van der Waals surface area contributed by atoms with E-state index < -0.39 is 0 Å². The van der Waals surface area contributed by atoms with Gasteiger partial charge in [0.15, 0.2) is 6.10 Å².